The average molecular weight is 708 g/mol. The molecule has 2 aromatic carbocycles. The van der Waals surface area contributed by atoms with Crippen molar-refractivity contribution in [1.82, 2.24) is 4.98 Å². The molecule has 5 heterocycles. The van der Waals surface area contributed by atoms with Crippen molar-refractivity contribution < 1.29 is 34.9 Å². The van der Waals surface area contributed by atoms with E-state index in [2.05, 4.69) is 29.2 Å². The Balaban J connectivity index is 0.000000946. The molecule has 0 atom stereocenters. The number of pyridine rings is 1. The van der Waals surface area contributed by atoms with E-state index >= 15 is 0 Å². The van der Waals surface area contributed by atoms with E-state index < -0.39 is 0 Å². The molecule has 232 valence electrons. The normalized spacial score (nSPS) is 15.5. The second-order valence-corrected chi connectivity index (χ2v) is 12.0. The zero-order valence-electron chi connectivity index (χ0n) is 24.3. The average Bonchev–Trinajstić information content (AvgIpc) is 3.00. The van der Waals surface area contributed by atoms with Crippen molar-refractivity contribution in [2.24, 2.45) is 0 Å². The van der Waals surface area contributed by atoms with Crippen LogP contribution >= 0.6 is 19.1 Å². The minimum Gasteiger partial charge on any atom is -0.494 e. The van der Waals surface area contributed by atoms with Crippen molar-refractivity contribution >= 4 is 19.1 Å². The smallest absolute Gasteiger partial charge is 0.119 e. The first-order valence-corrected chi connectivity index (χ1v) is 18.4. The first-order valence-electron chi connectivity index (χ1n) is 14.4. The van der Waals surface area contributed by atoms with Gasteiger partial charge in [0, 0.05) is 6.92 Å². The summed E-state index contributed by atoms with van der Waals surface area (Å²) in [6.07, 6.45) is 9.84. The number of ether oxygens (including phenoxy) is 4. The minimum absolute atomic E-state index is 0.106. The van der Waals surface area contributed by atoms with Gasteiger partial charge in [-0.2, -0.15) is 5.26 Å². The van der Waals surface area contributed by atoms with E-state index in [1.165, 1.54) is 45.4 Å². The van der Waals surface area contributed by atoms with Gasteiger partial charge in [0.15, 0.2) is 0 Å². The van der Waals surface area contributed by atoms with Gasteiger partial charge in [-0.1, -0.05) is 68.9 Å². The fourth-order valence-corrected chi connectivity index (χ4v) is 4.25. The molecular formula is C33H42Cl2N2O4Pd. The first-order chi connectivity index (χ1) is 20.7. The van der Waals surface area contributed by atoms with E-state index in [0.717, 1.165) is 60.1 Å². The quantitative estimate of drug-likeness (QED) is 0.217. The molecule has 9 heteroatoms. The molecule has 0 fully saturated rings. The zero-order valence-corrected chi connectivity index (χ0v) is 27.4. The summed E-state index contributed by atoms with van der Waals surface area (Å²) in [5, 5.41) is 7.32. The predicted octanol–water partition coefficient (Wildman–Crippen LogP) is 9.31. The molecular weight excluding hydrogens is 666 g/mol. The van der Waals surface area contributed by atoms with E-state index in [-0.39, 0.29) is 15.9 Å². The fraction of sp³-hybridized carbons (Fsp3) is 0.455. The predicted molar refractivity (Wildman–Crippen MR) is 165 cm³/mol. The second-order valence-electron chi connectivity index (χ2n) is 9.69. The first kappa shape index (κ1) is 36.0. The molecule has 3 aromatic rings. The molecule has 4 aliphatic heterocycles. The van der Waals surface area contributed by atoms with Gasteiger partial charge in [-0.15, -0.1) is 0 Å². The van der Waals surface area contributed by atoms with Gasteiger partial charge >= 0.3 is 35.0 Å². The van der Waals surface area contributed by atoms with Crippen LogP contribution in [0.1, 0.15) is 80.8 Å². The van der Waals surface area contributed by atoms with Crippen molar-refractivity contribution in [3.05, 3.63) is 89.2 Å². The molecule has 6 nitrogen and oxygen atoms in total. The zero-order chi connectivity index (χ0) is 30.1. The van der Waals surface area contributed by atoms with E-state index in [0.29, 0.717) is 26.4 Å². The summed E-state index contributed by atoms with van der Waals surface area (Å²) in [4.78, 5) is 4.68. The molecule has 0 N–H and O–H groups in total. The van der Waals surface area contributed by atoms with Gasteiger partial charge in [-0.25, -0.2) is 0 Å². The summed E-state index contributed by atoms with van der Waals surface area (Å²) < 4.78 is 23.6. The van der Waals surface area contributed by atoms with Crippen LogP contribution in [0.5, 0.6) is 11.5 Å². The number of aromatic nitrogens is 1. The largest absolute Gasteiger partial charge is 0.494 e. The molecule has 0 amide bonds. The number of hydrogen-bond acceptors (Lipinski definition) is 6. The minimum atomic E-state index is -0.106. The fourth-order valence-electron chi connectivity index (χ4n) is 4.25. The van der Waals surface area contributed by atoms with E-state index in [9.17, 15) is 0 Å². The third kappa shape index (κ3) is 17.1. The van der Waals surface area contributed by atoms with Gasteiger partial charge in [0.05, 0.1) is 57.1 Å². The number of halogens is 2. The number of benzene rings is 2. The Morgan fingerprint density at radius 1 is 0.619 bits per heavy atom. The Morgan fingerprint density at radius 3 is 1.36 bits per heavy atom. The Bertz CT molecular complexity index is 1050. The molecule has 4 aliphatic rings. The van der Waals surface area contributed by atoms with E-state index in [1.54, 1.807) is 6.07 Å². The number of nitrogens with zero attached hydrogens (tertiary/aromatic N) is 2. The van der Waals surface area contributed by atoms with Crippen molar-refractivity contribution in [1.29, 1.82) is 5.26 Å². The maximum absolute atomic E-state index is 7.32. The van der Waals surface area contributed by atoms with Gasteiger partial charge in [0.1, 0.15) is 11.5 Å². The Labute approximate surface area is 267 Å². The Hall–Kier alpha value is -2.16. The monoisotopic (exact) mass is 706 g/mol. The molecule has 0 aliphatic carbocycles. The van der Waals surface area contributed by atoms with Crippen LogP contribution in [0.4, 0.5) is 0 Å². The van der Waals surface area contributed by atoms with Crippen LogP contribution < -0.4 is 9.47 Å². The molecule has 1 aromatic heterocycles. The van der Waals surface area contributed by atoms with Gasteiger partial charge in [0.2, 0.25) is 0 Å². The van der Waals surface area contributed by atoms with Gasteiger partial charge in [0.25, 0.3) is 0 Å². The van der Waals surface area contributed by atoms with Crippen LogP contribution in [0.3, 0.4) is 0 Å². The van der Waals surface area contributed by atoms with Crippen LogP contribution in [0.15, 0.2) is 66.7 Å². The molecule has 0 spiro atoms. The van der Waals surface area contributed by atoms with Crippen LogP contribution in [-0.2, 0) is 51.8 Å². The maximum Gasteiger partial charge on any atom is 0.119 e. The summed E-state index contributed by atoms with van der Waals surface area (Å²) in [5.74, 6) is 1.85. The van der Waals surface area contributed by atoms with E-state index in [1.807, 2.05) is 42.5 Å². The number of nitriles is 1. The molecule has 7 rings (SSSR count). The Morgan fingerprint density at radius 2 is 0.976 bits per heavy atom. The third-order valence-electron chi connectivity index (χ3n) is 6.32. The molecule has 0 radical (unpaired) electrons. The van der Waals surface area contributed by atoms with Gasteiger partial charge in [-0.05, 0) is 60.4 Å². The topological polar surface area (TPSA) is 73.6 Å². The van der Waals surface area contributed by atoms with Gasteiger partial charge < -0.3 is 18.9 Å². The molecule has 0 unspecified atom stereocenters. The van der Waals surface area contributed by atoms with Crippen molar-refractivity contribution in [3.63, 3.8) is 0 Å². The SMILES string of the molecule is CC#N.[Cl][Pd][Cl].c1cc2nc(c1)COCc1ccc(cc1)OCCCCCCCCCCOc1ccc(cc1)COC2. The summed E-state index contributed by atoms with van der Waals surface area (Å²) >= 11 is -0.106. The van der Waals surface area contributed by atoms with Crippen LogP contribution in [0, 0.1) is 11.3 Å². The molecule has 6 bridgehead atoms. The third-order valence-corrected chi connectivity index (χ3v) is 6.32. The standard InChI is InChI=1S/C31H39NO4.C2H3N.2ClH.Pd/c1-2-4-6-8-21-36-31-18-14-27(15-19-31)23-34-25-29-11-9-10-28(32-29)24-33-22-26-12-16-30(17-13-26)35-20-7-5-3-1;1-2-3;;;/h9-19H,1-8,20-25H2;1H3;2*1H;/q;;;;+2/p-2. The maximum atomic E-state index is 7.32. The number of rotatable bonds is 0. The van der Waals surface area contributed by atoms with Crippen LogP contribution in [0.2, 0.25) is 0 Å². The second kappa shape index (κ2) is 24.3. The van der Waals surface area contributed by atoms with Crippen molar-refractivity contribution in [2.45, 2.75) is 84.7 Å². The van der Waals surface area contributed by atoms with Gasteiger partial charge in [-0.3, -0.25) is 4.98 Å². The van der Waals surface area contributed by atoms with Crippen molar-refractivity contribution in [2.75, 3.05) is 13.2 Å². The summed E-state index contributed by atoms with van der Waals surface area (Å²) in [6, 6.07) is 24.1. The summed E-state index contributed by atoms with van der Waals surface area (Å²) in [7, 11) is 9.63. The molecule has 42 heavy (non-hydrogen) atoms. The molecule has 0 saturated carbocycles. The van der Waals surface area contributed by atoms with Crippen molar-refractivity contribution in [3.8, 4) is 17.6 Å². The summed E-state index contributed by atoms with van der Waals surface area (Å²) in [6.45, 7) is 5.01. The number of hydrogen-bond donors (Lipinski definition) is 0. The van der Waals surface area contributed by atoms with Crippen LogP contribution in [0.25, 0.3) is 0 Å². The molecule has 0 saturated heterocycles. The summed E-state index contributed by atoms with van der Waals surface area (Å²) in [5.41, 5.74) is 4.06. The van der Waals surface area contributed by atoms with E-state index in [4.69, 9.17) is 43.3 Å². The Kier molecular flexibility index (Phi) is 20.9. The van der Waals surface area contributed by atoms with Crippen LogP contribution in [-0.4, -0.2) is 18.2 Å².